The first kappa shape index (κ1) is 14.7. The summed E-state index contributed by atoms with van der Waals surface area (Å²) in [5.41, 5.74) is 1.41. The second-order valence-corrected chi connectivity index (χ2v) is 5.45. The summed E-state index contributed by atoms with van der Waals surface area (Å²) in [5, 5.41) is 7.03. The van der Waals surface area contributed by atoms with Crippen molar-refractivity contribution >= 4 is 5.91 Å². The second-order valence-electron chi connectivity index (χ2n) is 5.45. The van der Waals surface area contributed by atoms with Crippen molar-refractivity contribution in [2.75, 3.05) is 19.8 Å². The zero-order valence-electron chi connectivity index (χ0n) is 12.4. The molecule has 2 aromatic rings. The van der Waals surface area contributed by atoms with Gasteiger partial charge in [0.1, 0.15) is 11.5 Å². The van der Waals surface area contributed by atoms with Crippen LogP contribution in [0.25, 0.3) is 5.69 Å². The fraction of sp³-hybridized carbons (Fsp3) is 0.375. The predicted molar refractivity (Wildman–Crippen MR) is 79.5 cm³/mol. The van der Waals surface area contributed by atoms with Crippen LogP contribution in [0.3, 0.4) is 0 Å². The Morgan fingerprint density at radius 2 is 2.32 bits per heavy atom. The van der Waals surface area contributed by atoms with Gasteiger partial charge in [-0.25, -0.2) is 9.07 Å². The van der Waals surface area contributed by atoms with Crippen molar-refractivity contribution in [1.29, 1.82) is 0 Å². The number of rotatable bonds is 4. The predicted octanol–water partition coefficient (Wildman–Crippen LogP) is 2.09. The number of aromatic nitrogens is 2. The van der Waals surface area contributed by atoms with Gasteiger partial charge in [-0.1, -0.05) is 12.1 Å². The van der Waals surface area contributed by atoms with E-state index in [-0.39, 0.29) is 11.7 Å². The molecule has 0 aliphatic carbocycles. The molecule has 1 atom stereocenters. The minimum atomic E-state index is -0.372. The average molecular weight is 303 g/mol. The van der Waals surface area contributed by atoms with E-state index < -0.39 is 0 Å². The molecule has 2 heterocycles. The third-order valence-electron chi connectivity index (χ3n) is 3.91. The van der Waals surface area contributed by atoms with Gasteiger partial charge in [-0.3, -0.25) is 4.79 Å². The maximum atomic E-state index is 13.8. The Morgan fingerprint density at radius 1 is 1.50 bits per heavy atom. The molecule has 1 amide bonds. The van der Waals surface area contributed by atoms with Crippen LogP contribution in [0.1, 0.15) is 22.5 Å². The molecule has 1 aromatic heterocycles. The minimum Gasteiger partial charge on any atom is -0.381 e. The summed E-state index contributed by atoms with van der Waals surface area (Å²) in [6.07, 6.45) is 2.44. The van der Waals surface area contributed by atoms with Gasteiger partial charge in [-0.05, 0) is 25.5 Å². The molecule has 1 fully saturated rings. The number of carbonyl (C=O) groups is 1. The molecule has 1 aromatic carbocycles. The van der Waals surface area contributed by atoms with Gasteiger partial charge in [-0.2, -0.15) is 5.10 Å². The van der Waals surface area contributed by atoms with E-state index in [0.717, 1.165) is 13.0 Å². The van der Waals surface area contributed by atoms with E-state index in [1.807, 2.05) is 0 Å². The van der Waals surface area contributed by atoms with Crippen molar-refractivity contribution in [2.24, 2.45) is 5.92 Å². The van der Waals surface area contributed by atoms with E-state index in [9.17, 15) is 9.18 Å². The number of amides is 1. The largest absolute Gasteiger partial charge is 0.381 e. The van der Waals surface area contributed by atoms with Crippen LogP contribution in [-0.2, 0) is 4.74 Å². The third kappa shape index (κ3) is 2.87. The standard InChI is InChI=1S/C16H18FN3O2/c1-11-13(16(21)18-8-12-6-7-22-10-12)9-19-20(11)15-5-3-2-4-14(15)17/h2-5,9,12H,6-8,10H2,1H3,(H,18,21). The Hall–Kier alpha value is -2.21. The fourth-order valence-electron chi connectivity index (χ4n) is 2.58. The van der Waals surface area contributed by atoms with Gasteiger partial charge in [0.05, 0.1) is 24.1 Å². The van der Waals surface area contributed by atoms with Crippen LogP contribution in [0.15, 0.2) is 30.5 Å². The topological polar surface area (TPSA) is 56.1 Å². The maximum absolute atomic E-state index is 13.8. The van der Waals surface area contributed by atoms with Gasteiger partial charge in [0.15, 0.2) is 0 Å². The molecule has 0 saturated carbocycles. The maximum Gasteiger partial charge on any atom is 0.254 e. The monoisotopic (exact) mass is 303 g/mol. The smallest absolute Gasteiger partial charge is 0.254 e. The first-order valence-corrected chi connectivity index (χ1v) is 7.32. The van der Waals surface area contributed by atoms with E-state index in [4.69, 9.17) is 4.74 Å². The Bertz CT molecular complexity index is 678. The number of para-hydroxylation sites is 1. The van der Waals surface area contributed by atoms with Crippen LogP contribution >= 0.6 is 0 Å². The number of ether oxygens (including phenoxy) is 1. The molecule has 1 N–H and O–H groups in total. The van der Waals surface area contributed by atoms with Crippen molar-refractivity contribution < 1.29 is 13.9 Å². The first-order chi connectivity index (χ1) is 10.7. The van der Waals surface area contributed by atoms with E-state index in [2.05, 4.69) is 10.4 Å². The van der Waals surface area contributed by atoms with Gasteiger partial charge in [-0.15, -0.1) is 0 Å². The zero-order valence-corrected chi connectivity index (χ0v) is 12.4. The van der Waals surface area contributed by atoms with E-state index in [0.29, 0.717) is 36.0 Å². The molecule has 3 rings (SSSR count). The Kier molecular flexibility index (Phi) is 4.20. The molecule has 5 nitrogen and oxygen atoms in total. The number of nitrogens with one attached hydrogen (secondary N) is 1. The quantitative estimate of drug-likeness (QED) is 0.941. The van der Waals surface area contributed by atoms with Crippen molar-refractivity contribution in [2.45, 2.75) is 13.3 Å². The lowest BCUT2D eigenvalue weighted by Crippen LogP contribution is -2.29. The number of benzene rings is 1. The van der Waals surface area contributed by atoms with Crippen molar-refractivity contribution in [3.8, 4) is 5.69 Å². The molecule has 0 spiro atoms. The summed E-state index contributed by atoms with van der Waals surface area (Å²) in [7, 11) is 0. The zero-order chi connectivity index (χ0) is 15.5. The van der Waals surface area contributed by atoms with Crippen LogP contribution in [0.5, 0.6) is 0 Å². The lowest BCUT2D eigenvalue weighted by Gasteiger charge is -2.10. The van der Waals surface area contributed by atoms with E-state index >= 15 is 0 Å². The van der Waals surface area contributed by atoms with Gasteiger partial charge in [0.25, 0.3) is 5.91 Å². The second kappa shape index (κ2) is 6.27. The van der Waals surface area contributed by atoms with Crippen LogP contribution in [0.2, 0.25) is 0 Å². The summed E-state index contributed by atoms with van der Waals surface area (Å²) in [5.74, 6) is -0.193. The highest BCUT2D eigenvalue weighted by atomic mass is 19.1. The molecule has 1 saturated heterocycles. The van der Waals surface area contributed by atoms with Gasteiger partial charge >= 0.3 is 0 Å². The molecular weight excluding hydrogens is 285 g/mol. The lowest BCUT2D eigenvalue weighted by atomic mass is 10.1. The molecule has 1 aliphatic heterocycles. The molecule has 116 valence electrons. The van der Waals surface area contributed by atoms with E-state index in [1.165, 1.54) is 16.9 Å². The van der Waals surface area contributed by atoms with Gasteiger partial charge in [0, 0.05) is 19.1 Å². The molecule has 0 radical (unpaired) electrons. The normalized spacial score (nSPS) is 17.6. The van der Waals surface area contributed by atoms with Gasteiger partial charge in [0.2, 0.25) is 0 Å². The Balaban J connectivity index is 1.75. The number of hydrogen-bond acceptors (Lipinski definition) is 3. The number of halogens is 1. The highest BCUT2D eigenvalue weighted by Crippen LogP contribution is 2.17. The van der Waals surface area contributed by atoms with Crippen LogP contribution < -0.4 is 5.32 Å². The minimum absolute atomic E-state index is 0.188. The fourth-order valence-corrected chi connectivity index (χ4v) is 2.58. The molecule has 1 aliphatic rings. The highest BCUT2D eigenvalue weighted by molar-refractivity contribution is 5.95. The van der Waals surface area contributed by atoms with Crippen LogP contribution in [0.4, 0.5) is 4.39 Å². The molecular formula is C16H18FN3O2. The molecule has 22 heavy (non-hydrogen) atoms. The molecule has 1 unspecified atom stereocenters. The van der Waals surface area contributed by atoms with Crippen molar-refractivity contribution in [3.05, 3.63) is 47.5 Å². The summed E-state index contributed by atoms with van der Waals surface area (Å²) >= 11 is 0. The highest BCUT2D eigenvalue weighted by Gasteiger charge is 2.20. The van der Waals surface area contributed by atoms with Crippen molar-refractivity contribution in [1.82, 2.24) is 15.1 Å². The van der Waals surface area contributed by atoms with Gasteiger partial charge < -0.3 is 10.1 Å². The number of nitrogens with zero attached hydrogens (tertiary/aromatic N) is 2. The summed E-state index contributed by atoms with van der Waals surface area (Å²) < 4.78 is 20.6. The summed E-state index contributed by atoms with van der Waals surface area (Å²) in [6.45, 7) is 3.79. The Morgan fingerprint density at radius 3 is 3.05 bits per heavy atom. The molecule has 0 bridgehead atoms. The SMILES string of the molecule is Cc1c(C(=O)NCC2CCOC2)cnn1-c1ccccc1F. The summed E-state index contributed by atoms with van der Waals surface area (Å²) in [6, 6.07) is 6.36. The average Bonchev–Trinajstić information content (AvgIpc) is 3.15. The number of carbonyl (C=O) groups excluding carboxylic acids is 1. The van der Waals surface area contributed by atoms with Crippen molar-refractivity contribution in [3.63, 3.8) is 0 Å². The van der Waals surface area contributed by atoms with Crippen LogP contribution in [-0.4, -0.2) is 35.4 Å². The van der Waals surface area contributed by atoms with E-state index in [1.54, 1.807) is 25.1 Å². The number of hydrogen-bond donors (Lipinski definition) is 1. The summed E-state index contributed by atoms with van der Waals surface area (Å²) in [4.78, 5) is 12.3. The first-order valence-electron chi connectivity index (χ1n) is 7.32. The lowest BCUT2D eigenvalue weighted by molar-refractivity contribution is 0.0944. The van der Waals surface area contributed by atoms with Crippen LogP contribution in [0, 0.1) is 18.7 Å². The Labute approximate surface area is 128 Å². The molecule has 6 heteroatoms. The third-order valence-corrected chi connectivity index (χ3v) is 3.91.